The Bertz CT molecular complexity index is 1020. The molecular weight excluding hydrogens is 374 g/mol. The Balaban J connectivity index is 1.76. The summed E-state index contributed by atoms with van der Waals surface area (Å²) in [5.41, 5.74) is 15.8. The number of nitrogens with zero attached hydrogens (tertiary/aromatic N) is 5. The Labute approximate surface area is 167 Å². The van der Waals surface area contributed by atoms with Crippen LogP contribution in [-0.2, 0) is 6.54 Å². The van der Waals surface area contributed by atoms with E-state index in [-0.39, 0.29) is 11.9 Å². The van der Waals surface area contributed by atoms with Gasteiger partial charge in [0.1, 0.15) is 23.2 Å². The Morgan fingerprint density at radius 3 is 2.75 bits per heavy atom. The van der Waals surface area contributed by atoms with E-state index in [0.717, 1.165) is 38.8 Å². The van der Waals surface area contributed by atoms with Gasteiger partial charge in [-0.3, -0.25) is 0 Å². The summed E-state index contributed by atoms with van der Waals surface area (Å²) in [5.74, 6) is 2.34. The zero-order valence-corrected chi connectivity index (χ0v) is 17.0. The van der Waals surface area contributed by atoms with Crippen molar-refractivity contribution in [1.82, 2.24) is 20.2 Å². The summed E-state index contributed by atoms with van der Waals surface area (Å²) in [6.45, 7) is 8.25. The van der Waals surface area contributed by atoms with Crippen LogP contribution in [0.4, 0.5) is 16.9 Å². The van der Waals surface area contributed by atoms with Crippen LogP contribution in [0.15, 0.2) is 18.3 Å². The third-order valence-corrected chi connectivity index (χ3v) is 5.55. The number of ether oxygens (including phenoxy) is 1. The van der Waals surface area contributed by atoms with Gasteiger partial charge in [-0.15, -0.1) is 10.2 Å². The van der Waals surface area contributed by atoms with Gasteiger partial charge in [0.2, 0.25) is 11.1 Å². The van der Waals surface area contributed by atoms with E-state index in [1.165, 1.54) is 11.3 Å². The second-order valence-corrected chi connectivity index (χ2v) is 8.17. The fourth-order valence-electron chi connectivity index (χ4n) is 3.42. The number of hydrogen-bond donors (Lipinski definition) is 2. The fourth-order valence-corrected chi connectivity index (χ4v) is 4.02. The summed E-state index contributed by atoms with van der Waals surface area (Å²) < 4.78 is 6.08. The molecule has 0 bridgehead atoms. The molecule has 9 heteroatoms. The number of rotatable bonds is 3. The van der Waals surface area contributed by atoms with Gasteiger partial charge in [0.15, 0.2) is 0 Å². The van der Waals surface area contributed by atoms with Crippen LogP contribution in [0.2, 0.25) is 0 Å². The van der Waals surface area contributed by atoms with E-state index in [1.54, 1.807) is 0 Å². The van der Waals surface area contributed by atoms with E-state index in [0.29, 0.717) is 24.8 Å². The van der Waals surface area contributed by atoms with E-state index >= 15 is 0 Å². The summed E-state index contributed by atoms with van der Waals surface area (Å²) >= 11 is 1.37. The molecule has 28 heavy (non-hydrogen) atoms. The van der Waals surface area contributed by atoms with Gasteiger partial charge in [0.05, 0.1) is 6.54 Å². The highest BCUT2D eigenvalue weighted by atomic mass is 32.1. The second kappa shape index (κ2) is 7.23. The predicted molar refractivity (Wildman–Crippen MR) is 112 cm³/mol. The smallest absolute Gasteiger partial charge is 0.221 e. The van der Waals surface area contributed by atoms with Gasteiger partial charge in [0, 0.05) is 29.4 Å². The first-order valence-corrected chi connectivity index (χ1v) is 9.97. The Morgan fingerprint density at radius 2 is 2.04 bits per heavy atom. The molecule has 0 atom stereocenters. The summed E-state index contributed by atoms with van der Waals surface area (Å²) in [4.78, 5) is 10.9. The van der Waals surface area contributed by atoms with E-state index in [9.17, 15) is 0 Å². The lowest BCUT2D eigenvalue weighted by Gasteiger charge is -2.25. The number of nitrogen functional groups attached to an aromatic ring is 2. The molecule has 4 N–H and O–H groups in total. The Morgan fingerprint density at radius 1 is 1.21 bits per heavy atom. The van der Waals surface area contributed by atoms with Gasteiger partial charge in [0.25, 0.3) is 0 Å². The minimum absolute atomic E-state index is 0.277. The molecule has 0 saturated heterocycles. The number of anilines is 3. The van der Waals surface area contributed by atoms with Gasteiger partial charge >= 0.3 is 0 Å². The maximum absolute atomic E-state index is 6.08. The van der Waals surface area contributed by atoms with Crippen LogP contribution in [0.3, 0.4) is 0 Å². The quantitative estimate of drug-likeness (QED) is 0.693. The molecule has 146 valence electrons. The molecule has 0 amide bonds. The molecule has 1 aliphatic heterocycles. The normalized spacial score (nSPS) is 13.9. The third kappa shape index (κ3) is 3.45. The standard InChI is InChI=1S/C19H23N7OS/c1-10(2)14-8-22-18(20)23-16(14)26-4-5-27-15-11(3)6-12(7-13(15)9-26)17-24-25-19(21)28-17/h6-8,10H,4-5,9H2,1-3H3,(H2,21,25)(H2,20,22,23). The average molecular weight is 398 g/mol. The van der Waals surface area contributed by atoms with Crippen LogP contribution in [0.1, 0.15) is 36.5 Å². The largest absolute Gasteiger partial charge is 0.491 e. The number of hydrogen-bond acceptors (Lipinski definition) is 9. The van der Waals surface area contributed by atoms with Crippen molar-refractivity contribution >= 4 is 28.2 Å². The van der Waals surface area contributed by atoms with E-state index in [4.69, 9.17) is 16.2 Å². The van der Waals surface area contributed by atoms with Crippen molar-refractivity contribution in [3.05, 3.63) is 35.0 Å². The molecule has 3 heterocycles. The first-order valence-electron chi connectivity index (χ1n) is 9.15. The second-order valence-electron chi connectivity index (χ2n) is 7.16. The summed E-state index contributed by atoms with van der Waals surface area (Å²) in [6.07, 6.45) is 1.82. The van der Waals surface area contributed by atoms with Crippen molar-refractivity contribution in [3.8, 4) is 16.3 Å². The number of aryl methyl sites for hydroxylation is 1. The molecule has 0 fully saturated rings. The molecule has 0 aliphatic carbocycles. The number of aromatic nitrogens is 4. The molecule has 0 spiro atoms. The van der Waals surface area contributed by atoms with Crippen LogP contribution >= 0.6 is 11.3 Å². The van der Waals surface area contributed by atoms with Crippen LogP contribution in [0.5, 0.6) is 5.75 Å². The Kier molecular flexibility index (Phi) is 4.76. The molecular formula is C19H23N7OS. The zero-order chi connectivity index (χ0) is 19.8. The van der Waals surface area contributed by atoms with Gasteiger partial charge in [-0.05, 0) is 30.5 Å². The molecule has 8 nitrogen and oxygen atoms in total. The van der Waals surface area contributed by atoms with Crippen LogP contribution in [-0.4, -0.2) is 33.3 Å². The highest BCUT2D eigenvalue weighted by Crippen LogP contribution is 2.36. The number of nitrogens with two attached hydrogens (primary N) is 2. The minimum Gasteiger partial charge on any atom is -0.491 e. The summed E-state index contributed by atoms with van der Waals surface area (Å²) in [6, 6.07) is 4.16. The molecule has 0 saturated carbocycles. The van der Waals surface area contributed by atoms with Crippen molar-refractivity contribution in [3.63, 3.8) is 0 Å². The first-order chi connectivity index (χ1) is 13.4. The lowest BCUT2D eigenvalue weighted by Crippen LogP contribution is -2.28. The fraction of sp³-hybridized carbons (Fsp3) is 0.368. The Hall–Kier alpha value is -2.94. The molecule has 4 rings (SSSR count). The molecule has 1 aromatic carbocycles. The predicted octanol–water partition coefficient (Wildman–Crippen LogP) is 2.99. The number of benzene rings is 1. The lowest BCUT2D eigenvalue weighted by atomic mass is 10.0. The maximum Gasteiger partial charge on any atom is 0.221 e. The van der Waals surface area contributed by atoms with Gasteiger partial charge < -0.3 is 21.1 Å². The topological polar surface area (TPSA) is 116 Å². The van der Waals surface area contributed by atoms with Gasteiger partial charge in [-0.25, -0.2) is 4.98 Å². The highest BCUT2D eigenvalue weighted by Gasteiger charge is 2.23. The molecule has 2 aromatic heterocycles. The summed E-state index contributed by atoms with van der Waals surface area (Å²) in [5, 5.41) is 9.36. The van der Waals surface area contributed by atoms with Crippen molar-refractivity contribution in [2.24, 2.45) is 0 Å². The van der Waals surface area contributed by atoms with E-state index in [2.05, 4.69) is 51.0 Å². The molecule has 3 aromatic rings. The maximum atomic E-state index is 6.08. The third-order valence-electron chi connectivity index (χ3n) is 4.74. The van der Waals surface area contributed by atoms with E-state index in [1.807, 2.05) is 13.1 Å². The van der Waals surface area contributed by atoms with Crippen LogP contribution in [0.25, 0.3) is 10.6 Å². The first kappa shape index (κ1) is 18.4. The van der Waals surface area contributed by atoms with Crippen molar-refractivity contribution in [2.75, 3.05) is 29.5 Å². The average Bonchev–Trinajstić information content (AvgIpc) is 2.96. The van der Waals surface area contributed by atoms with Crippen LogP contribution < -0.4 is 21.1 Å². The molecule has 0 radical (unpaired) electrons. The van der Waals surface area contributed by atoms with Gasteiger partial charge in [-0.2, -0.15) is 4.98 Å². The van der Waals surface area contributed by atoms with Crippen molar-refractivity contribution in [2.45, 2.75) is 33.2 Å². The molecule has 0 unspecified atom stereocenters. The summed E-state index contributed by atoms with van der Waals surface area (Å²) in [7, 11) is 0. The SMILES string of the molecule is Cc1cc(-c2nnc(N)s2)cc2c1OCCN(c1nc(N)ncc1C(C)C)C2. The number of fused-ring (bicyclic) bond motifs is 1. The minimum atomic E-state index is 0.277. The zero-order valence-electron chi connectivity index (χ0n) is 16.1. The van der Waals surface area contributed by atoms with Crippen LogP contribution in [0, 0.1) is 6.92 Å². The van der Waals surface area contributed by atoms with Gasteiger partial charge in [-0.1, -0.05) is 25.2 Å². The van der Waals surface area contributed by atoms with Crippen molar-refractivity contribution in [1.29, 1.82) is 0 Å². The van der Waals surface area contributed by atoms with Crippen molar-refractivity contribution < 1.29 is 4.74 Å². The molecule has 1 aliphatic rings. The lowest BCUT2D eigenvalue weighted by molar-refractivity contribution is 0.329. The highest BCUT2D eigenvalue weighted by molar-refractivity contribution is 7.18. The van der Waals surface area contributed by atoms with E-state index < -0.39 is 0 Å². The monoisotopic (exact) mass is 397 g/mol.